The van der Waals surface area contributed by atoms with Gasteiger partial charge in [0, 0.05) is 0 Å². The molecule has 0 aliphatic carbocycles. The Balaban J connectivity index is 5.26. The van der Waals surface area contributed by atoms with Crippen molar-refractivity contribution < 1.29 is 29.1 Å². The topological polar surface area (TPSA) is 71.1 Å². The van der Waals surface area contributed by atoms with Crippen LogP contribution in [-0.4, -0.2) is 23.1 Å². The summed E-state index contributed by atoms with van der Waals surface area (Å²) < 4.78 is 0. The van der Waals surface area contributed by atoms with Gasteiger partial charge in [-0.15, -0.1) is 0 Å². The summed E-state index contributed by atoms with van der Waals surface area (Å²) in [5, 5.41) is 0. The lowest BCUT2D eigenvalue weighted by Gasteiger charge is -2.34. The van der Waals surface area contributed by atoms with E-state index < -0.39 is 11.2 Å². The lowest BCUT2D eigenvalue weighted by molar-refractivity contribution is -0.350. The summed E-state index contributed by atoms with van der Waals surface area (Å²) in [4.78, 5) is 47.9. The van der Waals surface area contributed by atoms with Gasteiger partial charge in [-0.3, -0.25) is 9.78 Å². The molecule has 0 bridgehead atoms. The number of carbonyl (C=O) groups is 2. The zero-order valence-electron chi connectivity index (χ0n) is 24.9. The molecule has 0 fully saturated rings. The smallest absolute Gasteiger partial charge is 0.297 e. The average molecular weight is 515 g/mol. The predicted molar refractivity (Wildman–Crippen MR) is 146 cm³/mol. The van der Waals surface area contributed by atoms with Gasteiger partial charge in [0.25, 0.3) is 0 Å². The molecule has 0 saturated heterocycles. The highest BCUT2D eigenvalue weighted by molar-refractivity contribution is 5.72. The van der Waals surface area contributed by atoms with Gasteiger partial charge in [0.05, 0.1) is 11.8 Å². The second-order valence-corrected chi connectivity index (χ2v) is 11.1. The number of unbranched alkanes of at least 4 members (excludes halogenated alkanes) is 4. The summed E-state index contributed by atoms with van der Waals surface area (Å²) in [5.74, 6) is -0.801. The summed E-state index contributed by atoms with van der Waals surface area (Å²) in [6.45, 7) is 16.6. The molecule has 0 saturated carbocycles. The number of rotatable bonds is 23. The van der Waals surface area contributed by atoms with E-state index in [4.69, 9.17) is 19.6 Å². The van der Waals surface area contributed by atoms with Crippen molar-refractivity contribution >= 4 is 11.9 Å². The maximum Gasteiger partial charge on any atom is 0.345 e. The minimum atomic E-state index is -0.622. The van der Waals surface area contributed by atoms with Crippen LogP contribution in [0.3, 0.4) is 0 Å². The van der Waals surface area contributed by atoms with Crippen molar-refractivity contribution in [2.24, 2.45) is 11.8 Å². The van der Waals surface area contributed by atoms with Crippen LogP contribution in [0, 0.1) is 11.8 Å². The van der Waals surface area contributed by atoms with E-state index in [2.05, 4.69) is 27.7 Å². The van der Waals surface area contributed by atoms with Crippen LogP contribution >= 0.6 is 0 Å². The molecular weight excluding hydrogens is 456 g/mol. The standard InChI is InChI=1S/C30H58O6/c1-9-15-19-25(13-5)27(31)33-35-29(7,21-17-11-3)23-24-30(8,22-18-12-4)36-34-28(32)26(14-6)20-16-10-2/h25-26H,9-24H2,1-8H3. The summed E-state index contributed by atoms with van der Waals surface area (Å²) in [7, 11) is 0. The lowest BCUT2D eigenvalue weighted by atomic mass is 9.86. The average Bonchev–Trinajstić information content (AvgIpc) is 2.88. The van der Waals surface area contributed by atoms with Gasteiger partial charge in [-0.1, -0.05) is 92.9 Å². The Morgan fingerprint density at radius 1 is 0.556 bits per heavy atom. The monoisotopic (exact) mass is 514 g/mol. The Kier molecular flexibility index (Phi) is 19.3. The van der Waals surface area contributed by atoms with E-state index in [1.54, 1.807) is 0 Å². The Morgan fingerprint density at radius 2 is 0.889 bits per heavy atom. The third-order valence-electron chi connectivity index (χ3n) is 7.42. The molecule has 0 N–H and O–H groups in total. The maximum atomic E-state index is 12.7. The van der Waals surface area contributed by atoms with Gasteiger partial charge in [0.1, 0.15) is 11.2 Å². The first-order valence-corrected chi connectivity index (χ1v) is 14.9. The van der Waals surface area contributed by atoms with Crippen LogP contribution in [0.4, 0.5) is 0 Å². The van der Waals surface area contributed by atoms with Crippen molar-refractivity contribution in [1.82, 2.24) is 0 Å². The first-order chi connectivity index (χ1) is 17.1. The van der Waals surface area contributed by atoms with Crippen LogP contribution in [-0.2, 0) is 29.1 Å². The Bertz CT molecular complexity index is 530. The van der Waals surface area contributed by atoms with E-state index in [0.29, 0.717) is 12.8 Å². The van der Waals surface area contributed by atoms with Crippen molar-refractivity contribution in [3.05, 3.63) is 0 Å². The molecule has 0 aromatic carbocycles. The van der Waals surface area contributed by atoms with Crippen molar-refractivity contribution in [2.75, 3.05) is 0 Å². The van der Waals surface area contributed by atoms with Gasteiger partial charge in [0.2, 0.25) is 0 Å². The molecule has 0 aliphatic heterocycles. The molecule has 4 atom stereocenters. The molecule has 0 aromatic rings. The highest BCUT2D eigenvalue weighted by Crippen LogP contribution is 2.33. The van der Waals surface area contributed by atoms with Gasteiger partial charge in [-0.25, -0.2) is 9.59 Å². The van der Waals surface area contributed by atoms with E-state index in [9.17, 15) is 9.59 Å². The van der Waals surface area contributed by atoms with Gasteiger partial charge < -0.3 is 0 Å². The second kappa shape index (κ2) is 19.9. The highest BCUT2D eigenvalue weighted by atomic mass is 17.2. The Labute approximate surface area is 222 Å². The summed E-state index contributed by atoms with van der Waals surface area (Å²) in [6, 6.07) is 0. The summed E-state index contributed by atoms with van der Waals surface area (Å²) in [6.07, 6.45) is 14.1. The molecule has 0 rings (SSSR count). The van der Waals surface area contributed by atoms with E-state index in [1.807, 2.05) is 27.7 Å². The Morgan fingerprint density at radius 3 is 1.17 bits per heavy atom. The van der Waals surface area contributed by atoms with Crippen LogP contribution in [0.5, 0.6) is 0 Å². The van der Waals surface area contributed by atoms with Crippen molar-refractivity contribution in [3.8, 4) is 0 Å². The van der Waals surface area contributed by atoms with E-state index in [1.165, 1.54) is 0 Å². The lowest BCUT2D eigenvalue weighted by Crippen LogP contribution is -2.37. The number of hydrogen-bond donors (Lipinski definition) is 0. The number of carbonyl (C=O) groups excluding carboxylic acids is 2. The van der Waals surface area contributed by atoms with Gasteiger partial charge in [0.15, 0.2) is 0 Å². The first-order valence-electron chi connectivity index (χ1n) is 14.9. The molecule has 0 aromatic heterocycles. The molecule has 0 spiro atoms. The third kappa shape index (κ3) is 14.6. The zero-order valence-corrected chi connectivity index (χ0v) is 24.9. The highest BCUT2D eigenvalue weighted by Gasteiger charge is 2.36. The Hall–Kier alpha value is -1.14. The van der Waals surface area contributed by atoms with Crippen LogP contribution in [0.15, 0.2) is 0 Å². The second-order valence-electron chi connectivity index (χ2n) is 11.1. The van der Waals surface area contributed by atoms with Gasteiger partial charge in [-0.2, -0.15) is 9.78 Å². The molecular formula is C30H58O6. The third-order valence-corrected chi connectivity index (χ3v) is 7.42. The van der Waals surface area contributed by atoms with Crippen molar-refractivity contribution in [1.29, 1.82) is 0 Å². The van der Waals surface area contributed by atoms with Crippen molar-refractivity contribution in [3.63, 3.8) is 0 Å². The number of hydrogen-bond acceptors (Lipinski definition) is 6. The van der Waals surface area contributed by atoms with Crippen LogP contribution in [0.25, 0.3) is 0 Å². The molecule has 0 heterocycles. The van der Waals surface area contributed by atoms with Gasteiger partial charge in [-0.05, 0) is 65.2 Å². The SMILES string of the molecule is CCCCC(CC)C(=O)OOC(C)(CCCC)CCC(C)(CCCC)OOC(=O)C(CC)CCCC. The van der Waals surface area contributed by atoms with E-state index in [-0.39, 0.29) is 23.8 Å². The molecule has 6 heteroatoms. The first kappa shape index (κ1) is 34.9. The maximum absolute atomic E-state index is 12.7. The van der Waals surface area contributed by atoms with Crippen LogP contribution in [0.2, 0.25) is 0 Å². The molecule has 0 amide bonds. The van der Waals surface area contributed by atoms with Gasteiger partial charge >= 0.3 is 11.9 Å². The molecule has 0 aliphatic rings. The van der Waals surface area contributed by atoms with Crippen LogP contribution < -0.4 is 0 Å². The van der Waals surface area contributed by atoms with E-state index >= 15 is 0 Å². The van der Waals surface area contributed by atoms with Crippen molar-refractivity contribution in [2.45, 2.75) is 169 Å². The fraction of sp³-hybridized carbons (Fsp3) is 0.933. The molecule has 36 heavy (non-hydrogen) atoms. The minimum absolute atomic E-state index is 0.128. The molecule has 214 valence electrons. The van der Waals surface area contributed by atoms with E-state index in [0.717, 1.165) is 89.9 Å². The molecule has 6 nitrogen and oxygen atoms in total. The normalized spacial score (nSPS) is 16.6. The van der Waals surface area contributed by atoms with Crippen LogP contribution in [0.1, 0.15) is 158 Å². The zero-order chi connectivity index (χ0) is 27.5. The summed E-state index contributed by atoms with van der Waals surface area (Å²) in [5.41, 5.74) is -1.24. The quantitative estimate of drug-likeness (QED) is 0.1000. The predicted octanol–water partition coefficient (Wildman–Crippen LogP) is 9.05. The fourth-order valence-electron chi connectivity index (χ4n) is 4.34. The molecule has 0 radical (unpaired) electrons. The fourth-order valence-corrected chi connectivity index (χ4v) is 4.34. The summed E-state index contributed by atoms with van der Waals surface area (Å²) >= 11 is 0. The minimum Gasteiger partial charge on any atom is -0.297 e. The largest absolute Gasteiger partial charge is 0.345 e. The molecule has 4 unspecified atom stereocenters.